The van der Waals surface area contributed by atoms with Crippen LogP contribution in [0, 0.1) is 0 Å². The minimum atomic E-state index is -3.22. The number of hydrogen-bond acceptors (Lipinski definition) is 7. The summed E-state index contributed by atoms with van der Waals surface area (Å²) in [6, 6.07) is -0.387. The predicted octanol–water partition coefficient (Wildman–Crippen LogP) is 1.33. The monoisotopic (exact) mass is 348 g/mol. The average Bonchev–Trinajstić information content (AvgIpc) is 3.05. The van der Waals surface area contributed by atoms with E-state index in [1.807, 2.05) is 6.92 Å². The fraction of sp³-hybridized carbons (Fsp3) is 1.00. The van der Waals surface area contributed by atoms with Crippen molar-refractivity contribution in [2.75, 3.05) is 34.1 Å². The molecular formula is C14H26BO7P. The maximum Gasteiger partial charge on any atom is 0.327 e. The highest BCUT2D eigenvalue weighted by molar-refractivity contribution is 7.52. The van der Waals surface area contributed by atoms with Crippen LogP contribution in [0.3, 0.4) is 0 Å². The van der Waals surface area contributed by atoms with Gasteiger partial charge in [0, 0.05) is 33.3 Å². The Morgan fingerprint density at radius 2 is 1.57 bits per heavy atom. The lowest BCUT2D eigenvalue weighted by molar-refractivity contribution is -0.0344. The highest BCUT2D eigenvalue weighted by Crippen LogP contribution is 2.45. The van der Waals surface area contributed by atoms with E-state index in [9.17, 15) is 4.57 Å². The molecule has 7 nitrogen and oxygen atoms in total. The fourth-order valence-corrected chi connectivity index (χ4v) is 3.82. The molecule has 2 saturated heterocycles. The van der Waals surface area contributed by atoms with Crippen LogP contribution in [-0.4, -0.2) is 78.5 Å². The Bertz CT molecular complexity index is 390. The van der Waals surface area contributed by atoms with Gasteiger partial charge in [0.1, 0.15) is 20.1 Å². The molecule has 0 N–H and O–H groups in total. The van der Waals surface area contributed by atoms with E-state index in [0.717, 1.165) is 6.42 Å². The van der Waals surface area contributed by atoms with Crippen LogP contribution in [0.15, 0.2) is 0 Å². The number of ether oxygens (including phenoxy) is 4. The summed E-state index contributed by atoms with van der Waals surface area (Å²) in [5.74, 6) is 0. The molecule has 0 spiro atoms. The molecule has 2 fully saturated rings. The number of methoxy groups -OCH3 is 2. The first-order valence-electron chi connectivity index (χ1n) is 7.83. The Morgan fingerprint density at radius 3 is 2.13 bits per heavy atom. The lowest BCUT2D eigenvalue weighted by Gasteiger charge is -2.22. The van der Waals surface area contributed by atoms with Gasteiger partial charge in [0.25, 0.3) is 0 Å². The van der Waals surface area contributed by atoms with Crippen molar-refractivity contribution in [1.82, 2.24) is 0 Å². The summed E-state index contributed by atoms with van der Waals surface area (Å²) in [5.41, 5.74) is 0. The molecule has 0 amide bonds. The van der Waals surface area contributed by atoms with Crippen LogP contribution in [0.5, 0.6) is 0 Å². The minimum absolute atomic E-state index is 0.0564. The normalized spacial score (nSPS) is 40.3. The molecule has 9 heteroatoms. The van der Waals surface area contributed by atoms with E-state index in [0.29, 0.717) is 6.42 Å². The lowest BCUT2D eigenvalue weighted by Crippen LogP contribution is -2.29. The molecule has 0 saturated carbocycles. The third kappa shape index (κ3) is 5.53. The van der Waals surface area contributed by atoms with Crippen molar-refractivity contribution in [2.24, 2.45) is 0 Å². The predicted molar refractivity (Wildman–Crippen MR) is 85.0 cm³/mol. The highest BCUT2D eigenvalue weighted by Gasteiger charge is 2.37. The summed E-state index contributed by atoms with van der Waals surface area (Å²) >= 11 is 0. The van der Waals surface area contributed by atoms with Crippen molar-refractivity contribution < 1.29 is 32.6 Å². The second-order valence-corrected chi connectivity index (χ2v) is 8.14. The Hall–Kier alpha value is 0.0549. The van der Waals surface area contributed by atoms with Crippen LogP contribution in [0.25, 0.3) is 0 Å². The van der Waals surface area contributed by atoms with Crippen LogP contribution in [0.2, 0.25) is 0 Å². The topological polar surface area (TPSA) is 72.5 Å². The molecule has 0 aromatic rings. The molecule has 2 aliphatic rings. The Morgan fingerprint density at radius 1 is 1.04 bits per heavy atom. The molecule has 23 heavy (non-hydrogen) atoms. The first-order valence-corrected chi connectivity index (χ1v) is 9.82. The van der Waals surface area contributed by atoms with Crippen molar-refractivity contribution in [3.63, 3.8) is 0 Å². The van der Waals surface area contributed by atoms with Crippen molar-refractivity contribution in [2.45, 2.75) is 56.3 Å². The molecule has 0 aromatic carbocycles. The van der Waals surface area contributed by atoms with E-state index in [1.165, 1.54) is 6.66 Å². The molecule has 0 bridgehead atoms. The molecule has 2 aliphatic heterocycles. The molecule has 2 heterocycles. The van der Waals surface area contributed by atoms with Crippen LogP contribution in [0.1, 0.15) is 19.8 Å². The quantitative estimate of drug-likeness (QED) is 0.484. The Balaban J connectivity index is 1.77. The SMILES string of the molecule is [B][C@H]1C[C@@H](OC)[C@@H](COP(C)(=O)OCC2OC(C)CC2OC)O1. The minimum Gasteiger partial charge on any atom is -0.380 e. The van der Waals surface area contributed by atoms with Crippen LogP contribution >= 0.6 is 7.60 Å². The molecule has 7 atom stereocenters. The molecule has 132 valence electrons. The summed E-state index contributed by atoms with van der Waals surface area (Å²) in [5, 5.41) is 0. The molecular weight excluding hydrogens is 322 g/mol. The van der Waals surface area contributed by atoms with Crippen LogP contribution in [-0.2, 0) is 32.6 Å². The van der Waals surface area contributed by atoms with Gasteiger partial charge in [-0.15, -0.1) is 0 Å². The smallest absolute Gasteiger partial charge is 0.327 e. The van der Waals surface area contributed by atoms with Crippen LogP contribution < -0.4 is 0 Å². The second-order valence-electron chi connectivity index (χ2n) is 6.08. The van der Waals surface area contributed by atoms with Gasteiger partial charge in [-0.2, -0.15) is 0 Å². The van der Waals surface area contributed by atoms with E-state index in [-0.39, 0.29) is 49.7 Å². The summed E-state index contributed by atoms with van der Waals surface area (Å²) in [7, 11) is 5.72. The van der Waals surface area contributed by atoms with Gasteiger partial charge in [-0.05, 0) is 13.3 Å². The zero-order valence-electron chi connectivity index (χ0n) is 14.2. The van der Waals surface area contributed by atoms with E-state index in [2.05, 4.69) is 0 Å². The molecule has 0 aromatic heterocycles. The molecule has 4 unspecified atom stereocenters. The summed E-state index contributed by atoms with van der Waals surface area (Å²) in [6.07, 6.45) is 0.671. The van der Waals surface area contributed by atoms with Gasteiger partial charge in [0.2, 0.25) is 0 Å². The second kappa shape index (κ2) is 8.43. The summed E-state index contributed by atoms with van der Waals surface area (Å²) < 4.78 is 45.1. The first-order chi connectivity index (χ1) is 10.8. The first kappa shape index (κ1) is 19.4. The largest absolute Gasteiger partial charge is 0.380 e. The van der Waals surface area contributed by atoms with Gasteiger partial charge in [0.15, 0.2) is 0 Å². The maximum absolute atomic E-state index is 12.4. The van der Waals surface area contributed by atoms with Gasteiger partial charge < -0.3 is 28.0 Å². The third-order valence-corrected chi connectivity index (χ3v) is 5.40. The maximum atomic E-state index is 12.4. The summed E-state index contributed by atoms with van der Waals surface area (Å²) in [4.78, 5) is 0. The van der Waals surface area contributed by atoms with Crippen LogP contribution in [0.4, 0.5) is 0 Å². The number of rotatable bonds is 8. The Labute approximate surface area is 139 Å². The highest BCUT2D eigenvalue weighted by atomic mass is 31.2. The van der Waals surface area contributed by atoms with Gasteiger partial charge in [-0.25, -0.2) is 0 Å². The van der Waals surface area contributed by atoms with Crippen molar-refractivity contribution >= 4 is 15.4 Å². The molecule has 0 aliphatic carbocycles. The Kier molecular flexibility index (Phi) is 7.10. The van der Waals surface area contributed by atoms with Gasteiger partial charge in [-0.1, -0.05) is 0 Å². The molecule has 2 radical (unpaired) electrons. The van der Waals surface area contributed by atoms with Crippen molar-refractivity contribution in [1.29, 1.82) is 0 Å². The van der Waals surface area contributed by atoms with E-state index >= 15 is 0 Å². The third-order valence-electron chi connectivity index (χ3n) is 4.17. The number of hydrogen-bond donors (Lipinski definition) is 0. The van der Waals surface area contributed by atoms with E-state index in [1.54, 1.807) is 14.2 Å². The zero-order valence-corrected chi connectivity index (χ0v) is 15.1. The van der Waals surface area contributed by atoms with Crippen molar-refractivity contribution in [3.05, 3.63) is 0 Å². The van der Waals surface area contributed by atoms with Crippen molar-refractivity contribution in [3.8, 4) is 0 Å². The van der Waals surface area contributed by atoms with E-state index < -0.39 is 7.60 Å². The standard InChI is InChI=1S/C14H26BO7P/c1-9-5-10(17-2)12(21-9)7-19-23(4,16)20-8-13-11(18-3)6-14(15)22-13/h9-14H,5-8H2,1-4H3/t9?,10?,11-,12?,13-,14-,23?/m1/s1. The average molecular weight is 348 g/mol. The molecule has 2 rings (SSSR count). The van der Waals surface area contributed by atoms with E-state index in [4.69, 9.17) is 35.8 Å². The zero-order chi connectivity index (χ0) is 17.0. The van der Waals surface area contributed by atoms with Gasteiger partial charge in [-0.3, -0.25) is 4.57 Å². The fourth-order valence-electron chi connectivity index (χ4n) is 2.91. The lowest BCUT2D eigenvalue weighted by atomic mass is 9.96. The summed E-state index contributed by atoms with van der Waals surface area (Å²) in [6.45, 7) is 3.68. The van der Waals surface area contributed by atoms with Gasteiger partial charge >= 0.3 is 7.60 Å². The van der Waals surface area contributed by atoms with Gasteiger partial charge in [0.05, 0.1) is 31.5 Å².